The van der Waals surface area contributed by atoms with E-state index >= 15 is 0 Å². The minimum Gasteiger partial charge on any atom is -0.331 e. The molecule has 2 aliphatic rings. The molecule has 0 spiro atoms. The molecule has 2 fully saturated rings. The molecule has 0 amide bonds. The van der Waals surface area contributed by atoms with Crippen LogP contribution in [0, 0.1) is 0 Å². The molecule has 1 aromatic heterocycles. The molecule has 0 atom stereocenters. The molecule has 7 heteroatoms. The Balaban J connectivity index is 1.62. The highest BCUT2D eigenvalue weighted by atomic mass is 32.2. The van der Waals surface area contributed by atoms with Gasteiger partial charge >= 0.3 is 0 Å². The van der Waals surface area contributed by atoms with Crippen molar-refractivity contribution in [2.75, 3.05) is 32.4 Å². The van der Waals surface area contributed by atoms with Crippen molar-refractivity contribution in [3.8, 4) is 0 Å². The van der Waals surface area contributed by atoms with Crippen LogP contribution in [0.25, 0.3) is 0 Å². The van der Waals surface area contributed by atoms with Crippen molar-refractivity contribution in [2.45, 2.75) is 31.8 Å². The highest BCUT2D eigenvalue weighted by molar-refractivity contribution is 7.88. The summed E-state index contributed by atoms with van der Waals surface area (Å²) in [5.74, 6) is 1.11. The Morgan fingerprint density at radius 2 is 2.05 bits per heavy atom. The zero-order valence-electron chi connectivity index (χ0n) is 11.9. The van der Waals surface area contributed by atoms with Gasteiger partial charge in [0, 0.05) is 38.1 Å². The monoisotopic (exact) mass is 298 g/mol. The highest BCUT2D eigenvalue weighted by Crippen LogP contribution is 2.35. The highest BCUT2D eigenvalue weighted by Gasteiger charge is 2.27. The molecule has 0 aromatic carbocycles. The molecule has 3 rings (SSSR count). The van der Waals surface area contributed by atoms with Crippen molar-refractivity contribution >= 4 is 10.0 Å². The second-order valence-electron chi connectivity index (χ2n) is 5.77. The quantitative estimate of drug-likeness (QED) is 0.820. The Hall–Kier alpha value is -0.920. The smallest absolute Gasteiger partial charge is 0.211 e. The third-order valence-electron chi connectivity index (χ3n) is 4.07. The van der Waals surface area contributed by atoms with Crippen molar-refractivity contribution in [3.63, 3.8) is 0 Å². The minimum absolute atomic E-state index is 0.586. The van der Waals surface area contributed by atoms with Crippen LogP contribution in [0.4, 0.5) is 0 Å². The molecule has 0 unspecified atom stereocenters. The van der Waals surface area contributed by atoms with E-state index in [4.69, 9.17) is 0 Å². The lowest BCUT2D eigenvalue weighted by atomic mass is 10.4. The van der Waals surface area contributed by atoms with Gasteiger partial charge in [0.25, 0.3) is 0 Å². The van der Waals surface area contributed by atoms with E-state index in [0.717, 1.165) is 31.9 Å². The average molecular weight is 298 g/mol. The molecule has 1 aliphatic carbocycles. The Morgan fingerprint density at radius 1 is 1.25 bits per heavy atom. The van der Waals surface area contributed by atoms with E-state index in [2.05, 4.69) is 20.6 Å². The number of aromatic nitrogens is 2. The first-order chi connectivity index (χ1) is 9.54. The zero-order valence-corrected chi connectivity index (χ0v) is 12.7. The lowest BCUT2D eigenvalue weighted by Gasteiger charge is -2.20. The summed E-state index contributed by atoms with van der Waals surface area (Å²) in [6.07, 6.45) is 8.62. The summed E-state index contributed by atoms with van der Waals surface area (Å²) in [4.78, 5) is 6.77. The Bertz CT molecular complexity index is 565. The van der Waals surface area contributed by atoms with Crippen LogP contribution in [0.2, 0.25) is 0 Å². The Morgan fingerprint density at radius 3 is 2.75 bits per heavy atom. The van der Waals surface area contributed by atoms with E-state index in [1.54, 1.807) is 4.31 Å². The molecule has 1 aromatic rings. The SMILES string of the molecule is CS(=O)(=O)N1CCCN(Cc2nccn2C2CC2)CC1. The molecule has 0 bridgehead atoms. The minimum atomic E-state index is -3.06. The molecule has 2 heterocycles. The first-order valence-electron chi connectivity index (χ1n) is 7.23. The van der Waals surface area contributed by atoms with Gasteiger partial charge in [-0.3, -0.25) is 4.90 Å². The van der Waals surface area contributed by atoms with Crippen molar-refractivity contribution in [2.24, 2.45) is 0 Å². The number of rotatable bonds is 4. The van der Waals surface area contributed by atoms with E-state index in [1.807, 2.05) is 6.20 Å². The van der Waals surface area contributed by atoms with Crippen LogP contribution in [0.5, 0.6) is 0 Å². The van der Waals surface area contributed by atoms with Gasteiger partial charge in [0.1, 0.15) is 5.82 Å². The fraction of sp³-hybridized carbons (Fsp3) is 0.769. The molecule has 1 saturated heterocycles. The van der Waals surface area contributed by atoms with Gasteiger partial charge in [0.15, 0.2) is 0 Å². The molecule has 0 radical (unpaired) electrons. The summed E-state index contributed by atoms with van der Waals surface area (Å²) in [6.45, 7) is 3.75. The van der Waals surface area contributed by atoms with Gasteiger partial charge in [-0.05, 0) is 25.8 Å². The van der Waals surface area contributed by atoms with E-state index in [1.165, 1.54) is 19.1 Å². The van der Waals surface area contributed by atoms with Crippen molar-refractivity contribution < 1.29 is 8.42 Å². The van der Waals surface area contributed by atoms with E-state index in [9.17, 15) is 8.42 Å². The van der Waals surface area contributed by atoms with Gasteiger partial charge in [-0.2, -0.15) is 0 Å². The average Bonchev–Trinajstić information content (AvgIpc) is 3.15. The van der Waals surface area contributed by atoms with Crippen LogP contribution in [-0.4, -0.2) is 59.6 Å². The Kier molecular flexibility index (Phi) is 3.83. The lowest BCUT2D eigenvalue weighted by Crippen LogP contribution is -2.34. The van der Waals surface area contributed by atoms with Gasteiger partial charge in [-0.25, -0.2) is 17.7 Å². The van der Waals surface area contributed by atoms with Gasteiger partial charge in [0.05, 0.1) is 12.8 Å². The summed E-state index contributed by atoms with van der Waals surface area (Å²) in [5, 5.41) is 0. The zero-order chi connectivity index (χ0) is 14.2. The summed E-state index contributed by atoms with van der Waals surface area (Å²) in [7, 11) is -3.06. The summed E-state index contributed by atoms with van der Waals surface area (Å²) in [5.41, 5.74) is 0. The number of nitrogens with zero attached hydrogens (tertiary/aromatic N) is 4. The van der Waals surface area contributed by atoms with Gasteiger partial charge < -0.3 is 4.57 Å². The van der Waals surface area contributed by atoms with Crippen molar-refractivity contribution in [1.29, 1.82) is 0 Å². The first kappa shape index (κ1) is 14.0. The van der Waals surface area contributed by atoms with Crippen molar-refractivity contribution in [3.05, 3.63) is 18.2 Å². The second kappa shape index (κ2) is 5.46. The summed E-state index contributed by atoms with van der Waals surface area (Å²) < 4.78 is 27.1. The maximum atomic E-state index is 11.6. The number of hydrogen-bond donors (Lipinski definition) is 0. The molecular weight excluding hydrogens is 276 g/mol. The van der Waals surface area contributed by atoms with Crippen LogP contribution in [0.15, 0.2) is 12.4 Å². The third-order valence-corrected chi connectivity index (χ3v) is 5.37. The molecule has 6 nitrogen and oxygen atoms in total. The topological polar surface area (TPSA) is 58.4 Å². The first-order valence-corrected chi connectivity index (χ1v) is 9.08. The number of imidazole rings is 1. The molecule has 1 aliphatic heterocycles. The Labute approximate surface area is 120 Å². The van der Waals surface area contributed by atoms with Crippen LogP contribution >= 0.6 is 0 Å². The number of hydrogen-bond acceptors (Lipinski definition) is 4. The van der Waals surface area contributed by atoms with E-state index in [-0.39, 0.29) is 0 Å². The normalized spacial score (nSPS) is 22.9. The van der Waals surface area contributed by atoms with Crippen LogP contribution < -0.4 is 0 Å². The van der Waals surface area contributed by atoms with E-state index in [0.29, 0.717) is 19.1 Å². The van der Waals surface area contributed by atoms with Crippen LogP contribution in [0.3, 0.4) is 0 Å². The molecule has 112 valence electrons. The van der Waals surface area contributed by atoms with Crippen LogP contribution in [0.1, 0.15) is 31.1 Å². The largest absolute Gasteiger partial charge is 0.331 e. The van der Waals surface area contributed by atoms with E-state index < -0.39 is 10.0 Å². The predicted octanol–water partition coefficient (Wildman–Crippen LogP) is 0.685. The molecule has 1 saturated carbocycles. The second-order valence-corrected chi connectivity index (χ2v) is 7.76. The maximum Gasteiger partial charge on any atom is 0.211 e. The predicted molar refractivity (Wildman–Crippen MR) is 76.8 cm³/mol. The van der Waals surface area contributed by atoms with Crippen molar-refractivity contribution in [1.82, 2.24) is 18.8 Å². The molecule has 20 heavy (non-hydrogen) atoms. The summed E-state index contributed by atoms with van der Waals surface area (Å²) >= 11 is 0. The van der Waals surface area contributed by atoms with Gasteiger partial charge in [-0.1, -0.05) is 0 Å². The van der Waals surface area contributed by atoms with Crippen LogP contribution in [-0.2, 0) is 16.6 Å². The van der Waals surface area contributed by atoms with Gasteiger partial charge in [-0.15, -0.1) is 0 Å². The molecule has 0 N–H and O–H groups in total. The van der Waals surface area contributed by atoms with Gasteiger partial charge in [0.2, 0.25) is 10.0 Å². The molecular formula is C13H22N4O2S. The fourth-order valence-electron chi connectivity index (χ4n) is 2.79. The fourth-order valence-corrected chi connectivity index (χ4v) is 3.66. The maximum absolute atomic E-state index is 11.6. The number of sulfonamides is 1. The third kappa shape index (κ3) is 3.21. The standard InChI is InChI=1S/C13H22N4O2S/c1-20(18,19)16-7-2-6-15(9-10-16)11-13-14-5-8-17(13)12-3-4-12/h5,8,12H,2-4,6-7,9-11H2,1H3. The summed E-state index contributed by atoms with van der Waals surface area (Å²) in [6, 6.07) is 0.645. The lowest BCUT2D eigenvalue weighted by molar-refractivity contribution is 0.268.